The van der Waals surface area contributed by atoms with Gasteiger partial charge in [-0.05, 0) is 36.8 Å². The summed E-state index contributed by atoms with van der Waals surface area (Å²) in [5, 5.41) is 12.8. The Hall–Kier alpha value is -4.49. The number of aromatic nitrogens is 1. The van der Waals surface area contributed by atoms with E-state index in [1.807, 2.05) is 25.1 Å². The van der Waals surface area contributed by atoms with Crippen molar-refractivity contribution in [3.05, 3.63) is 90.6 Å². The number of esters is 1. The maximum Gasteiger partial charge on any atom is 0.332 e. The van der Waals surface area contributed by atoms with Crippen molar-refractivity contribution in [2.75, 3.05) is 12.4 Å². The lowest BCUT2D eigenvalue weighted by Crippen LogP contribution is -2.40. The zero-order valence-corrected chi connectivity index (χ0v) is 19.5. The lowest BCUT2D eigenvalue weighted by molar-refractivity contribution is -0.133. The fourth-order valence-electron chi connectivity index (χ4n) is 3.76. The highest BCUT2D eigenvalue weighted by Gasteiger charge is 2.35. The van der Waals surface area contributed by atoms with Crippen LogP contribution in [0.2, 0.25) is 0 Å². The van der Waals surface area contributed by atoms with Gasteiger partial charge in [0, 0.05) is 11.8 Å². The zero-order chi connectivity index (χ0) is 25.3. The van der Waals surface area contributed by atoms with Crippen LogP contribution >= 0.6 is 11.3 Å². The quantitative estimate of drug-likeness (QED) is 0.535. The highest BCUT2D eigenvalue weighted by Crippen LogP contribution is 2.36. The maximum atomic E-state index is 13.7. The Balaban J connectivity index is 2.04. The zero-order valence-electron chi connectivity index (χ0n) is 18.7. The van der Waals surface area contributed by atoms with Gasteiger partial charge in [0.05, 0.1) is 30.2 Å². The minimum Gasteiger partial charge on any atom is -0.466 e. The molecule has 0 saturated heterocycles. The third-order valence-corrected chi connectivity index (χ3v) is 6.58. The Morgan fingerprint density at radius 1 is 1.20 bits per heavy atom. The average Bonchev–Trinajstić information content (AvgIpc) is 3.16. The van der Waals surface area contributed by atoms with Crippen molar-refractivity contribution < 1.29 is 18.7 Å². The fourth-order valence-corrected chi connectivity index (χ4v) is 4.89. The summed E-state index contributed by atoms with van der Waals surface area (Å²) >= 11 is 0.871. The molecule has 0 saturated carbocycles. The van der Waals surface area contributed by atoms with E-state index in [2.05, 4.69) is 10.1 Å². The average molecular weight is 491 g/mol. The van der Waals surface area contributed by atoms with E-state index < -0.39 is 29.2 Å². The number of nitrogens with one attached hydrogen (secondary N) is 1. The predicted molar refractivity (Wildman–Crippen MR) is 130 cm³/mol. The number of carbonyl (C=O) groups is 2. The Bertz CT molecular complexity index is 1590. The molecule has 8 nitrogen and oxygen atoms in total. The molecule has 3 aromatic rings. The maximum absolute atomic E-state index is 13.7. The molecule has 1 amide bonds. The third-order valence-electron chi connectivity index (χ3n) is 5.48. The molecule has 4 rings (SSSR count). The Morgan fingerprint density at radius 3 is 2.46 bits per heavy atom. The molecule has 0 aliphatic carbocycles. The number of fused-ring (bicyclic) bond motifs is 1. The molecule has 1 unspecified atom stereocenters. The number of methoxy groups -OCH3 is 1. The first kappa shape index (κ1) is 23.7. The lowest BCUT2D eigenvalue weighted by Gasteiger charge is -2.25. The van der Waals surface area contributed by atoms with Gasteiger partial charge in [-0.2, -0.15) is 5.26 Å². The van der Waals surface area contributed by atoms with Gasteiger partial charge in [0.25, 0.3) is 11.5 Å². The molecule has 1 aromatic heterocycles. The highest BCUT2D eigenvalue weighted by atomic mass is 32.1. The van der Waals surface area contributed by atoms with Crippen LogP contribution in [0.15, 0.2) is 58.9 Å². The molecule has 0 fully saturated rings. The van der Waals surface area contributed by atoms with Crippen LogP contribution < -0.4 is 25.8 Å². The number of nitrogens with two attached hydrogens (primary N) is 1. The van der Waals surface area contributed by atoms with Crippen LogP contribution in [0.4, 0.5) is 10.1 Å². The summed E-state index contributed by atoms with van der Waals surface area (Å²) in [6.07, 6.45) is 1.00. The minimum absolute atomic E-state index is 0.0209. The number of benzene rings is 2. The van der Waals surface area contributed by atoms with E-state index in [9.17, 15) is 24.0 Å². The van der Waals surface area contributed by atoms with E-state index >= 15 is 0 Å². The molecule has 1 aliphatic rings. The van der Waals surface area contributed by atoms with Crippen molar-refractivity contribution in [3.8, 4) is 6.07 Å². The second-order valence-electron chi connectivity index (χ2n) is 7.71. The molecule has 1 atom stereocenters. The number of rotatable bonds is 4. The van der Waals surface area contributed by atoms with Crippen LogP contribution in [-0.2, 0) is 14.3 Å². The van der Waals surface area contributed by atoms with Crippen molar-refractivity contribution in [1.82, 2.24) is 4.57 Å². The smallest absolute Gasteiger partial charge is 0.332 e. The number of ether oxygens (including phenoxy) is 1. The predicted octanol–water partition coefficient (Wildman–Crippen LogP) is 1.55. The summed E-state index contributed by atoms with van der Waals surface area (Å²) in [4.78, 5) is 38.5. The van der Waals surface area contributed by atoms with Crippen LogP contribution in [-0.4, -0.2) is 23.6 Å². The van der Waals surface area contributed by atoms with Gasteiger partial charge >= 0.3 is 5.97 Å². The van der Waals surface area contributed by atoms with Gasteiger partial charge in [-0.25, -0.2) is 9.18 Å². The Kier molecular flexibility index (Phi) is 6.36. The number of amides is 1. The number of hydrogen-bond donors (Lipinski definition) is 2. The molecular formula is C25H19FN4O4S. The summed E-state index contributed by atoms with van der Waals surface area (Å²) < 4.78 is 19.5. The van der Waals surface area contributed by atoms with E-state index in [1.54, 1.807) is 12.1 Å². The highest BCUT2D eigenvalue weighted by molar-refractivity contribution is 7.07. The van der Waals surface area contributed by atoms with Crippen molar-refractivity contribution in [2.24, 2.45) is 5.73 Å². The summed E-state index contributed by atoms with van der Waals surface area (Å²) in [5.41, 5.74) is 7.52. The standard InChI is InChI=1S/C25H19FN4O4S/c1-13-3-9-16(10-4-13)29-23(32)21-20(14-5-7-15(26)8-6-14)17(12-27)22(28)30-24(33)18(35-25(21)30)11-19(31)34-2/h3-11,20H,28H2,1-2H3,(H,29,32)/b18-11-. The molecule has 0 radical (unpaired) electrons. The van der Waals surface area contributed by atoms with Crippen LogP contribution in [0.5, 0.6) is 0 Å². The lowest BCUT2D eigenvalue weighted by atomic mass is 9.83. The van der Waals surface area contributed by atoms with E-state index in [-0.39, 0.29) is 26.2 Å². The summed E-state index contributed by atoms with van der Waals surface area (Å²) in [6.45, 7) is 1.91. The second-order valence-corrected chi connectivity index (χ2v) is 8.74. The number of allylic oxidation sites excluding steroid dienone is 1. The molecule has 176 valence electrons. The molecule has 2 aromatic carbocycles. The van der Waals surface area contributed by atoms with Gasteiger partial charge in [-0.3, -0.25) is 14.2 Å². The summed E-state index contributed by atoms with van der Waals surface area (Å²) in [7, 11) is 1.17. The van der Waals surface area contributed by atoms with Gasteiger partial charge in [0.1, 0.15) is 20.8 Å². The number of thiazole rings is 1. The van der Waals surface area contributed by atoms with Gasteiger partial charge in [-0.1, -0.05) is 29.8 Å². The summed E-state index contributed by atoms with van der Waals surface area (Å²) in [6, 6.07) is 14.4. The van der Waals surface area contributed by atoms with Gasteiger partial charge in [0.15, 0.2) is 0 Å². The van der Waals surface area contributed by atoms with Gasteiger partial charge in [0.2, 0.25) is 0 Å². The summed E-state index contributed by atoms with van der Waals surface area (Å²) in [5.74, 6) is -2.98. The SMILES string of the molecule is COC(=O)/C=c1\sc2n(c1=O)C(N)=C(C#N)C(c1ccc(F)cc1)C=2C(=O)Nc1ccc(C)cc1. The number of anilines is 1. The monoisotopic (exact) mass is 490 g/mol. The van der Waals surface area contributed by atoms with Crippen LogP contribution in [0.1, 0.15) is 17.0 Å². The van der Waals surface area contributed by atoms with Gasteiger partial charge < -0.3 is 15.8 Å². The fraction of sp³-hybridized carbons (Fsp3) is 0.120. The number of nitriles is 1. The largest absolute Gasteiger partial charge is 0.466 e. The van der Waals surface area contributed by atoms with E-state index in [1.165, 1.54) is 31.4 Å². The number of halogens is 1. The number of aryl methyl sites for hydroxylation is 1. The van der Waals surface area contributed by atoms with Crippen LogP contribution in [0.25, 0.3) is 17.5 Å². The number of nitrogens with zero attached hydrogens (tertiary/aromatic N) is 2. The first-order chi connectivity index (χ1) is 16.7. The van der Waals surface area contributed by atoms with Crippen molar-refractivity contribution in [1.29, 1.82) is 5.26 Å². The van der Waals surface area contributed by atoms with Crippen molar-refractivity contribution >= 4 is 46.4 Å². The molecule has 2 heterocycles. The first-order valence-corrected chi connectivity index (χ1v) is 11.2. The molecular weight excluding hydrogens is 471 g/mol. The minimum atomic E-state index is -0.977. The third kappa shape index (κ3) is 4.37. The normalized spacial score (nSPS) is 15.4. The molecule has 0 spiro atoms. The Morgan fingerprint density at radius 2 is 1.86 bits per heavy atom. The molecule has 10 heteroatoms. The second kappa shape index (κ2) is 9.40. The van der Waals surface area contributed by atoms with Crippen molar-refractivity contribution in [3.63, 3.8) is 0 Å². The van der Waals surface area contributed by atoms with E-state index in [0.29, 0.717) is 11.3 Å². The molecule has 1 aliphatic heterocycles. The van der Waals surface area contributed by atoms with Crippen LogP contribution in [0, 0.1) is 24.1 Å². The first-order valence-electron chi connectivity index (χ1n) is 10.3. The van der Waals surface area contributed by atoms with Gasteiger partial charge in [-0.15, -0.1) is 11.3 Å². The Labute approximate surface area is 202 Å². The van der Waals surface area contributed by atoms with E-state index in [0.717, 1.165) is 27.5 Å². The molecule has 0 bridgehead atoms. The number of carbonyl (C=O) groups excluding carboxylic acids is 2. The van der Waals surface area contributed by atoms with Crippen molar-refractivity contribution in [2.45, 2.75) is 12.8 Å². The number of hydrogen-bond acceptors (Lipinski definition) is 7. The van der Waals surface area contributed by atoms with Crippen LogP contribution in [0.3, 0.4) is 0 Å². The molecule has 3 N–H and O–H groups in total. The topological polar surface area (TPSA) is 127 Å². The van der Waals surface area contributed by atoms with E-state index in [4.69, 9.17) is 5.73 Å². The molecule has 35 heavy (non-hydrogen) atoms.